The molecule has 0 fully saturated rings. The van der Waals surface area contributed by atoms with Crippen molar-refractivity contribution in [1.29, 1.82) is 0 Å². The summed E-state index contributed by atoms with van der Waals surface area (Å²) >= 11 is 0. The summed E-state index contributed by atoms with van der Waals surface area (Å²) in [6.07, 6.45) is 7.99. The number of terminal acetylenes is 1. The number of nitrogens with one attached hydrogen (secondary N) is 1. The van der Waals surface area contributed by atoms with E-state index >= 15 is 0 Å². The second-order valence-electron chi connectivity index (χ2n) is 6.67. The van der Waals surface area contributed by atoms with Gasteiger partial charge in [0.1, 0.15) is 6.61 Å². The highest BCUT2D eigenvalue weighted by Gasteiger charge is 2.08. The average molecular weight is 400 g/mol. The van der Waals surface area contributed by atoms with Crippen LogP contribution in [0.1, 0.15) is 17.5 Å². The Morgan fingerprint density at radius 2 is 1.87 bits per heavy atom. The summed E-state index contributed by atoms with van der Waals surface area (Å²) in [7, 11) is 1.58. The quantitative estimate of drug-likeness (QED) is 0.551. The lowest BCUT2D eigenvalue weighted by molar-refractivity contribution is -0.121. The van der Waals surface area contributed by atoms with E-state index in [0.29, 0.717) is 30.9 Å². The fourth-order valence-corrected chi connectivity index (χ4v) is 2.98. The third-order valence-electron chi connectivity index (χ3n) is 4.58. The molecule has 0 aliphatic rings. The molecule has 0 aliphatic heterocycles. The molecular formula is C25H24N2O3. The average Bonchev–Trinajstić information content (AvgIpc) is 2.81. The van der Waals surface area contributed by atoms with Gasteiger partial charge in [-0.1, -0.05) is 42.3 Å². The maximum atomic E-state index is 12.2. The number of benzene rings is 2. The molecule has 0 saturated carbocycles. The maximum Gasteiger partial charge on any atom is 0.220 e. The minimum Gasteiger partial charge on any atom is -0.493 e. The van der Waals surface area contributed by atoms with Gasteiger partial charge in [0.25, 0.3) is 0 Å². The Bertz CT molecular complexity index is 1010. The highest BCUT2D eigenvalue weighted by molar-refractivity contribution is 5.76. The molecule has 5 heteroatoms. The number of hydrogen-bond donors (Lipinski definition) is 1. The Morgan fingerprint density at radius 1 is 1.07 bits per heavy atom. The summed E-state index contributed by atoms with van der Waals surface area (Å²) in [4.78, 5) is 16.6. The first-order valence-corrected chi connectivity index (χ1v) is 9.70. The van der Waals surface area contributed by atoms with Crippen LogP contribution < -0.4 is 14.8 Å². The Kier molecular flexibility index (Phi) is 7.45. The zero-order valence-electron chi connectivity index (χ0n) is 16.9. The number of nitrogens with zero attached hydrogens (tertiary/aromatic N) is 1. The van der Waals surface area contributed by atoms with Crippen LogP contribution in [-0.2, 0) is 17.8 Å². The smallest absolute Gasteiger partial charge is 0.220 e. The predicted octanol–water partition coefficient (Wildman–Crippen LogP) is 4.02. The molecule has 30 heavy (non-hydrogen) atoms. The number of amides is 1. The van der Waals surface area contributed by atoms with Crippen molar-refractivity contribution < 1.29 is 14.3 Å². The molecular weight excluding hydrogens is 376 g/mol. The van der Waals surface area contributed by atoms with E-state index < -0.39 is 0 Å². The molecule has 5 nitrogen and oxygen atoms in total. The van der Waals surface area contributed by atoms with Gasteiger partial charge in [-0.15, -0.1) is 6.42 Å². The normalized spacial score (nSPS) is 10.1. The van der Waals surface area contributed by atoms with E-state index in [1.165, 1.54) is 0 Å². The molecule has 1 aromatic heterocycles. The van der Waals surface area contributed by atoms with Crippen molar-refractivity contribution in [3.63, 3.8) is 0 Å². The van der Waals surface area contributed by atoms with Gasteiger partial charge in [0, 0.05) is 24.7 Å². The van der Waals surface area contributed by atoms with Gasteiger partial charge in [-0.25, -0.2) is 0 Å². The first-order valence-electron chi connectivity index (χ1n) is 9.70. The second-order valence-corrected chi connectivity index (χ2v) is 6.67. The lowest BCUT2D eigenvalue weighted by Crippen LogP contribution is -2.22. The summed E-state index contributed by atoms with van der Waals surface area (Å²) in [5.41, 5.74) is 4.02. The van der Waals surface area contributed by atoms with Crippen LogP contribution in [0.5, 0.6) is 11.5 Å². The molecule has 0 saturated heterocycles. The zero-order chi connectivity index (χ0) is 21.2. The predicted molar refractivity (Wildman–Crippen MR) is 117 cm³/mol. The van der Waals surface area contributed by atoms with Gasteiger partial charge in [-0.05, 0) is 41.8 Å². The molecule has 1 N–H and O–H groups in total. The molecule has 3 rings (SSSR count). The first kappa shape index (κ1) is 20.9. The number of carbonyl (C=O) groups is 1. The van der Waals surface area contributed by atoms with Crippen molar-refractivity contribution >= 4 is 5.91 Å². The van der Waals surface area contributed by atoms with Gasteiger partial charge in [-0.3, -0.25) is 9.78 Å². The largest absolute Gasteiger partial charge is 0.493 e. The number of aryl methyl sites for hydroxylation is 1. The monoisotopic (exact) mass is 400 g/mol. The first-order chi connectivity index (χ1) is 14.7. The number of hydrogen-bond acceptors (Lipinski definition) is 4. The standard InChI is InChI=1S/C25H24N2O3/c1-3-16-30-23-13-9-19(17-24(23)29-2)10-14-25(28)27-18-20-7-11-21(12-8-20)22-6-4-5-15-26-22/h1,4-9,11-13,15,17H,10,14,16,18H2,2H3,(H,27,28). The topological polar surface area (TPSA) is 60.5 Å². The summed E-state index contributed by atoms with van der Waals surface area (Å²) in [5, 5.41) is 2.96. The van der Waals surface area contributed by atoms with Gasteiger partial charge in [0.05, 0.1) is 12.8 Å². The lowest BCUT2D eigenvalue weighted by Gasteiger charge is -2.11. The van der Waals surface area contributed by atoms with E-state index in [0.717, 1.165) is 22.4 Å². The minimum atomic E-state index is -0.00423. The van der Waals surface area contributed by atoms with Crippen LogP contribution in [0.2, 0.25) is 0 Å². The highest BCUT2D eigenvalue weighted by Crippen LogP contribution is 2.28. The highest BCUT2D eigenvalue weighted by atomic mass is 16.5. The van der Waals surface area contributed by atoms with Crippen molar-refractivity contribution in [2.24, 2.45) is 0 Å². The van der Waals surface area contributed by atoms with Crippen molar-refractivity contribution in [2.75, 3.05) is 13.7 Å². The number of rotatable bonds is 9. The molecule has 2 aromatic carbocycles. The van der Waals surface area contributed by atoms with E-state index in [4.69, 9.17) is 15.9 Å². The van der Waals surface area contributed by atoms with Crippen molar-refractivity contribution in [1.82, 2.24) is 10.3 Å². The molecule has 152 valence electrons. The fourth-order valence-electron chi connectivity index (χ4n) is 2.98. The number of carbonyl (C=O) groups excluding carboxylic acids is 1. The van der Waals surface area contributed by atoms with Gasteiger partial charge in [0.2, 0.25) is 5.91 Å². The molecule has 0 atom stereocenters. The van der Waals surface area contributed by atoms with Crippen molar-refractivity contribution in [3.8, 4) is 35.1 Å². The van der Waals surface area contributed by atoms with Crippen LogP contribution in [0, 0.1) is 12.3 Å². The number of pyridine rings is 1. The van der Waals surface area contributed by atoms with Crippen molar-refractivity contribution in [2.45, 2.75) is 19.4 Å². The zero-order valence-corrected chi connectivity index (χ0v) is 16.9. The summed E-state index contributed by atoms with van der Waals surface area (Å²) in [5.74, 6) is 3.63. The Balaban J connectivity index is 1.48. The lowest BCUT2D eigenvalue weighted by atomic mass is 10.1. The van der Waals surface area contributed by atoms with E-state index in [1.54, 1.807) is 13.3 Å². The van der Waals surface area contributed by atoms with Crippen LogP contribution >= 0.6 is 0 Å². The molecule has 1 heterocycles. The SMILES string of the molecule is C#CCOc1ccc(CCC(=O)NCc2ccc(-c3ccccn3)cc2)cc1OC. The van der Waals surface area contributed by atoms with Crippen LogP contribution in [0.25, 0.3) is 11.3 Å². The second kappa shape index (κ2) is 10.7. The summed E-state index contributed by atoms with van der Waals surface area (Å²) in [6.45, 7) is 0.671. The van der Waals surface area contributed by atoms with E-state index in [9.17, 15) is 4.79 Å². The molecule has 0 radical (unpaired) electrons. The van der Waals surface area contributed by atoms with E-state index in [1.807, 2.05) is 60.7 Å². The number of aromatic nitrogens is 1. The van der Waals surface area contributed by atoms with Crippen LogP contribution in [0.15, 0.2) is 66.9 Å². The Hall–Kier alpha value is -3.78. The van der Waals surface area contributed by atoms with Gasteiger partial charge in [0.15, 0.2) is 11.5 Å². The van der Waals surface area contributed by atoms with Crippen LogP contribution in [0.4, 0.5) is 0 Å². The summed E-state index contributed by atoms with van der Waals surface area (Å²) in [6, 6.07) is 19.5. The molecule has 0 aliphatic carbocycles. The Morgan fingerprint density at radius 3 is 2.57 bits per heavy atom. The van der Waals surface area contributed by atoms with Gasteiger partial charge in [-0.2, -0.15) is 0 Å². The van der Waals surface area contributed by atoms with Gasteiger partial charge < -0.3 is 14.8 Å². The number of methoxy groups -OCH3 is 1. The maximum absolute atomic E-state index is 12.2. The van der Waals surface area contributed by atoms with Gasteiger partial charge >= 0.3 is 0 Å². The third-order valence-corrected chi connectivity index (χ3v) is 4.58. The van der Waals surface area contributed by atoms with Crippen LogP contribution in [-0.4, -0.2) is 24.6 Å². The summed E-state index contributed by atoms with van der Waals surface area (Å²) < 4.78 is 10.8. The Labute approximate surface area is 177 Å². The van der Waals surface area contributed by atoms with Crippen LogP contribution in [0.3, 0.4) is 0 Å². The molecule has 3 aromatic rings. The molecule has 1 amide bonds. The fraction of sp³-hybridized carbons (Fsp3) is 0.200. The van der Waals surface area contributed by atoms with E-state index in [-0.39, 0.29) is 12.5 Å². The molecule has 0 bridgehead atoms. The molecule has 0 spiro atoms. The van der Waals surface area contributed by atoms with Crippen molar-refractivity contribution in [3.05, 3.63) is 78.0 Å². The van der Waals surface area contributed by atoms with E-state index in [2.05, 4.69) is 16.2 Å². The third kappa shape index (κ3) is 5.86. The molecule has 0 unspecified atom stereocenters. The number of ether oxygens (including phenoxy) is 2. The minimum absolute atomic E-state index is 0.00423.